The fourth-order valence-corrected chi connectivity index (χ4v) is 5.12. The van der Waals surface area contributed by atoms with E-state index in [0.29, 0.717) is 12.1 Å². The van der Waals surface area contributed by atoms with Crippen LogP contribution in [0.15, 0.2) is 86.5 Å². The van der Waals surface area contributed by atoms with Crippen molar-refractivity contribution < 1.29 is 40.9 Å². The van der Waals surface area contributed by atoms with Crippen molar-refractivity contribution in [3.8, 4) is 0 Å². The monoisotopic (exact) mass is 617 g/mol. The molecule has 0 bridgehead atoms. The summed E-state index contributed by atoms with van der Waals surface area (Å²) >= 11 is 0. The Morgan fingerprint density at radius 1 is 0.881 bits per heavy atom. The summed E-state index contributed by atoms with van der Waals surface area (Å²) in [6.07, 6.45) is 0. The average molecular weight is 618 g/mol. The van der Waals surface area contributed by atoms with Gasteiger partial charge < -0.3 is 0 Å². The summed E-state index contributed by atoms with van der Waals surface area (Å²) < 4.78 is 65.2. The number of amides is 1. The molecule has 0 spiro atoms. The number of carbonyl (C=O) groups is 1. The highest BCUT2D eigenvalue weighted by Crippen LogP contribution is 2.28. The molecule has 0 aromatic heterocycles. The van der Waals surface area contributed by atoms with Gasteiger partial charge in [0.05, 0.1) is 31.0 Å². The molecule has 2 aliphatic carbocycles. The van der Waals surface area contributed by atoms with Crippen LogP contribution in [0.25, 0.3) is 0 Å². The summed E-state index contributed by atoms with van der Waals surface area (Å²) in [6.45, 7) is 0. The minimum absolute atomic E-state index is 0.0712. The zero-order valence-corrected chi connectivity index (χ0v) is 22.1. The highest BCUT2D eigenvalue weighted by atomic mass is 32.2. The van der Waals surface area contributed by atoms with Crippen LogP contribution in [-0.4, -0.2) is 42.0 Å². The predicted molar refractivity (Wildman–Crippen MR) is 142 cm³/mol. The molecule has 0 radical (unpaired) electrons. The molecule has 4 N–H and O–H groups in total. The number of hydrogen-bond donors (Lipinski definition) is 4. The SMILES string of the molecule is O=C(N=c1ccc(=S(=O)(O)O)c2cc(S(=O)(=O)O)c(=NNc3ccc([N+](=O)[O-])cc3[N+](=O)[O-])c(=O)c1=2)c1ccccc1. The summed E-state index contributed by atoms with van der Waals surface area (Å²) in [7, 11) is -10.2. The second-order valence-corrected chi connectivity index (χ2v) is 11.1. The van der Waals surface area contributed by atoms with E-state index in [0.717, 1.165) is 24.3 Å². The molecule has 0 saturated heterocycles. The number of carbonyl (C=O) groups excluding carboxylic acids is 1. The zero-order valence-electron chi connectivity index (χ0n) is 20.5. The zero-order chi connectivity index (χ0) is 31.0. The molecule has 0 fully saturated rings. The Kier molecular flexibility index (Phi) is 7.79. The van der Waals surface area contributed by atoms with E-state index in [1.54, 1.807) is 6.07 Å². The van der Waals surface area contributed by atoms with Crippen molar-refractivity contribution in [2.45, 2.75) is 4.90 Å². The Bertz CT molecular complexity index is 2320. The number of nitrogens with zero attached hydrogens (tertiary/aromatic N) is 4. The molecular formula is C23H15N5O12S2. The maximum atomic E-state index is 13.6. The van der Waals surface area contributed by atoms with E-state index in [4.69, 9.17) is 0 Å². The number of hydrogen-bond acceptors (Lipinski definition) is 11. The number of nitrogens with one attached hydrogen (secondary N) is 1. The van der Waals surface area contributed by atoms with Gasteiger partial charge in [-0.1, -0.05) is 18.2 Å². The van der Waals surface area contributed by atoms with Gasteiger partial charge in [-0.15, -0.1) is 0 Å². The van der Waals surface area contributed by atoms with Crippen LogP contribution in [0.4, 0.5) is 17.1 Å². The minimum Gasteiger partial charge on any atom is -0.293 e. The molecule has 1 amide bonds. The average Bonchev–Trinajstić information content (AvgIpc) is 2.91. The smallest absolute Gasteiger partial charge is 0.293 e. The number of nitro groups is 2. The first-order valence-electron chi connectivity index (χ1n) is 11.1. The van der Waals surface area contributed by atoms with E-state index in [1.165, 1.54) is 24.3 Å². The van der Waals surface area contributed by atoms with Crippen LogP contribution < -0.4 is 21.6 Å². The lowest BCUT2D eigenvalue weighted by molar-refractivity contribution is -0.393. The van der Waals surface area contributed by atoms with Crippen molar-refractivity contribution in [1.82, 2.24) is 0 Å². The second-order valence-electron chi connectivity index (χ2n) is 8.25. The van der Waals surface area contributed by atoms with E-state index >= 15 is 0 Å². The normalized spacial score (nSPS) is 12.8. The van der Waals surface area contributed by atoms with Crippen LogP contribution in [-0.2, 0) is 20.2 Å². The maximum absolute atomic E-state index is 13.6. The number of benzene rings is 2. The lowest BCUT2D eigenvalue weighted by Crippen LogP contribution is -2.36. The molecule has 42 heavy (non-hydrogen) atoms. The Labute approximate surface area is 232 Å². The topological polar surface area (TPSA) is 269 Å². The molecule has 216 valence electrons. The molecule has 17 nitrogen and oxygen atoms in total. The first-order chi connectivity index (χ1) is 19.6. The first-order valence-corrected chi connectivity index (χ1v) is 14.0. The van der Waals surface area contributed by atoms with Gasteiger partial charge in [-0.25, -0.2) is 9.20 Å². The molecular weight excluding hydrogens is 602 g/mol. The van der Waals surface area contributed by atoms with Crippen molar-refractivity contribution in [2.24, 2.45) is 10.1 Å². The molecule has 0 saturated carbocycles. The van der Waals surface area contributed by atoms with Gasteiger partial charge >= 0.3 is 5.69 Å². The van der Waals surface area contributed by atoms with E-state index in [2.05, 4.69) is 15.5 Å². The van der Waals surface area contributed by atoms with E-state index in [9.17, 15) is 56.1 Å². The molecule has 0 atom stereocenters. The molecule has 2 aromatic rings. The Balaban J connectivity index is 2.16. The van der Waals surface area contributed by atoms with Crippen molar-refractivity contribution in [3.05, 3.63) is 128 Å². The van der Waals surface area contributed by atoms with Crippen molar-refractivity contribution in [3.63, 3.8) is 0 Å². The van der Waals surface area contributed by atoms with Gasteiger partial charge in [0.15, 0.2) is 5.36 Å². The van der Waals surface area contributed by atoms with Crippen molar-refractivity contribution >= 4 is 43.2 Å². The van der Waals surface area contributed by atoms with Crippen LogP contribution in [0.2, 0.25) is 0 Å². The van der Waals surface area contributed by atoms with Gasteiger partial charge in [-0.3, -0.25) is 48.9 Å². The Morgan fingerprint density at radius 2 is 1.55 bits per heavy atom. The van der Waals surface area contributed by atoms with Gasteiger partial charge in [0.25, 0.3) is 21.7 Å². The molecule has 0 heterocycles. The standard InChI is InChI=1S/C23H15N5O12S2/c29-22-20-14(18(41(35,36)37)9-8-16(20)24-23(30)12-4-2-1-3-5-12)11-19(42(38,39)40)21(22)26-25-15-7-6-13(27(31)32)10-17(15)28(33)34/h1-11,25H,(H2,35,36,37)(H,38,39,40). The van der Waals surface area contributed by atoms with Crippen LogP contribution >= 0.6 is 0 Å². The largest absolute Gasteiger partial charge is 0.301 e. The highest BCUT2D eigenvalue weighted by molar-refractivity contribution is 7.85. The van der Waals surface area contributed by atoms with Gasteiger partial charge in [-0.05, 0) is 36.4 Å². The quantitative estimate of drug-likeness (QED) is 0.102. The number of non-ortho nitro benzene ring substituents is 1. The Hall–Kier alpha value is -5.21. The molecule has 2 aromatic carbocycles. The van der Waals surface area contributed by atoms with Crippen LogP contribution in [0.1, 0.15) is 10.4 Å². The van der Waals surface area contributed by atoms with Crippen molar-refractivity contribution in [2.75, 3.05) is 5.43 Å². The fourth-order valence-electron chi connectivity index (χ4n) is 3.78. The summed E-state index contributed by atoms with van der Waals surface area (Å²) in [5.41, 5.74) is -1.36. The van der Waals surface area contributed by atoms with Gasteiger partial charge in [0.2, 0.25) is 15.5 Å². The summed E-state index contributed by atoms with van der Waals surface area (Å²) in [5.74, 6) is -0.880. The second kappa shape index (κ2) is 11.0. The fraction of sp³-hybridized carbons (Fsp3) is 0. The lowest BCUT2D eigenvalue weighted by atomic mass is 10.1. The van der Waals surface area contributed by atoms with Crippen LogP contribution in [0, 0.1) is 35.2 Å². The van der Waals surface area contributed by atoms with Gasteiger partial charge in [0.1, 0.15) is 10.6 Å². The predicted octanol–water partition coefficient (Wildman–Crippen LogP) is 1.14. The third-order valence-corrected chi connectivity index (χ3v) is 7.41. The van der Waals surface area contributed by atoms with Crippen LogP contribution in [0.3, 0.4) is 0 Å². The van der Waals surface area contributed by atoms with Gasteiger partial charge in [0, 0.05) is 16.8 Å². The molecule has 4 rings (SSSR count). The molecule has 19 heteroatoms. The summed E-state index contributed by atoms with van der Waals surface area (Å²) in [5, 5.41) is 23.1. The number of nitro benzene ring substituents is 2. The number of anilines is 1. The lowest BCUT2D eigenvalue weighted by Gasteiger charge is -2.05. The van der Waals surface area contributed by atoms with Crippen LogP contribution in [0.5, 0.6) is 0 Å². The van der Waals surface area contributed by atoms with Gasteiger partial charge in [-0.2, -0.15) is 13.5 Å². The van der Waals surface area contributed by atoms with E-state index in [1.807, 2.05) is 0 Å². The number of rotatable bonds is 6. The minimum atomic E-state index is -5.35. The van der Waals surface area contributed by atoms with E-state index in [-0.39, 0.29) is 5.56 Å². The summed E-state index contributed by atoms with van der Waals surface area (Å²) in [4.78, 5) is 49.5. The molecule has 0 unspecified atom stereocenters. The maximum Gasteiger partial charge on any atom is 0.301 e. The highest BCUT2D eigenvalue weighted by Gasteiger charge is 2.22. The van der Waals surface area contributed by atoms with E-state index < -0.39 is 89.0 Å². The molecule has 2 aliphatic rings. The van der Waals surface area contributed by atoms with Crippen molar-refractivity contribution in [1.29, 1.82) is 0 Å². The summed E-state index contributed by atoms with van der Waals surface area (Å²) in [6, 6.07) is 12.0. The third kappa shape index (κ3) is 5.94. The molecule has 0 aliphatic heterocycles. The first kappa shape index (κ1) is 29.8. The Morgan fingerprint density at radius 3 is 2.12 bits per heavy atom. The third-order valence-electron chi connectivity index (χ3n) is 5.62.